The minimum Gasteiger partial charge on any atom is -0.726 e. The van der Waals surface area contributed by atoms with E-state index in [4.69, 9.17) is 32.4 Å². The van der Waals surface area contributed by atoms with E-state index in [9.17, 15) is 4.79 Å². The summed E-state index contributed by atoms with van der Waals surface area (Å²) in [5, 5.41) is 0.789. The largest absolute Gasteiger partial charge is 0.726 e. The summed E-state index contributed by atoms with van der Waals surface area (Å²) in [6, 6.07) is 13.0. The number of carbonyl (C=O) groups is 1. The number of anilines is 1. The van der Waals surface area contributed by atoms with Crippen LogP contribution < -0.4 is 10.5 Å². The Kier molecular flexibility index (Phi) is 14.2. The zero-order chi connectivity index (χ0) is 29.5. The molecule has 3 rings (SSSR count). The van der Waals surface area contributed by atoms with Crippen LogP contribution in [0.4, 0.5) is 5.69 Å². The molecule has 40 heavy (non-hydrogen) atoms. The molecule has 0 aliphatic carbocycles. The Morgan fingerprint density at radius 1 is 0.950 bits per heavy atom. The van der Waals surface area contributed by atoms with Gasteiger partial charge in [0, 0.05) is 29.6 Å². The van der Waals surface area contributed by atoms with Crippen LogP contribution in [0.15, 0.2) is 46.9 Å². The van der Waals surface area contributed by atoms with Gasteiger partial charge in [0.05, 0.1) is 12.2 Å². The summed E-state index contributed by atoms with van der Waals surface area (Å²) < 4.78 is 44.9. The number of aryl methyl sites for hydroxylation is 1. The van der Waals surface area contributed by atoms with Gasteiger partial charge in [-0.25, -0.2) is 8.42 Å². The topological polar surface area (TPSA) is 146 Å². The van der Waals surface area contributed by atoms with Gasteiger partial charge < -0.3 is 24.3 Å². The van der Waals surface area contributed by atoms with Crippen LogP contribution in [0.3, 0.4) is 0 Å². The highest BCUT2D eigenvalue weighted by Crippen LogP contribution is 2.31. The number of ether oxygens (including phenoxy) is 1. The summed E-state index contributed by atoms with van der Waals surface area (Å²) in [4.78, 5) is 16.0. The Bertz CT molecular complexity index is 1270. The van der Waals surface area contributed by atoms with Crippen molar-refractivity contribution >= 4 is 32.8 Å². The molecule has 1 heterocycles. The lowest BCUT2D eigenvalue weighted by Crippen LogP contribution is -2.28. The monoisotopic (exact) mass is 575 g/mol. The number of unbranched alkanes of at least 4 members (excludes halogenated alkanes) is 3. The average molecular weight is 576 g/mol. The molecule has 0 amide bonds. The second-order valence-electron chi connectivity index (χ2n) is 9.79. The highest BCUT2D eigenvalue weighted by molar-refractivity contribution is 7.79. The molecule has 0 atom stereocenters. The maximum absolute atomic E-state index is 13.5. The van der Waals surface area contributed by atoms with E-state index < -0.39 is 10.4 Å². The van der Waals surface area contributed by atoms with E-state index in [-0.39, 0.29) is 5.78 Å². The fraction of sp³-hybridized carbons (Fsp3) is 0.500. The van der Waals surface area contributed by atoms with Gasteiger partial charge in [-0.05, 0) is 81.2 Å². The highest BCUT2D eigenvalue weighted by atomic mass is 32.3. The average Bonchev–Trinajstić information content (AvgIpc) is 3.27. The molecular weight excluding hydrogens is 532 g/mol. The van der Waals surface area contributed by atoms with E-state index in [0.717, 1.165) is 49.1 Å². The third kappa shape index (κ3) is 11.7. The van der Waals surface area contributed by atoms with Crippen LogP contribution in [0.25, 0.3) is 11.0 Å². The Labute approximate surface area is 238 Å². The third-order valence-electron chi connectivity index (χ3n) is 6.43. The Balaban J connectivity index is 0.00000103. The molecule has 0 radical (unpaired) electrons. The van der Waals surface area contributed by atoms with Gasteiger partial charge in [-0.2, -0.15) is 0 Å². The number of fused-ring (bicyclic) bond motifs is 1. The maximum atomic E-state index is 13.5. The molecule has 0 bridgehead atoms. The quantitative estimate of drug-likeness (QED) is 0.0663. The Morgan fingerprint density at radius 2 is 1.52 bits per heavy atom. The first-order valence-electron chi connectivity index (χ1n) is 14.1. The molecule has 0 saturated heterocycles. The second-order valence-corrected chi connectivity index (χ2v) is 10.6. The van der Waals surface area contributed by atoms with E-state index in [1.807, 2.05) is 42.5 Å². The van der Waals surface area contributed by atoms with Gasteiger partial charge in [0.25, 0.3) is 0 Å². The predicted molar refractivity (Wildman–Crippen MR) is 158 cm³/mol. The van der Waals surface area contributed by atoms with Gasteiger partial charge in [-0.15, -0.1) is 0 Å². The first kappa shape index (κ1) is 33.3. The van der Waals surface area contributed by atoms with Crippen LogP contribution in [-0.4, -0.2) is 54.4 Å². The summed E-state index contributed by atoms with van der Waals surface area (Å²) in [7, 11) is -4.92. The van der Waals surface area contributed by atoms with Crippen LogP contribution >= 0.6 is 0 Å². The molecule has 0 saturated carbocycles. The molecular formula is C30H43N2O7S-. The summed E-state index contributed by atoms with van der Waals surface area (Å²) in [5.74, 6) is 1.51. The van der Waals surface area contributed by atoms with Crippen LogP contribution in [0, 0.1) is 0 Å². The number of carbonyl (C=O) groups excluding carboxylic acids is 1. The van der Waals surface area contributed by atoms with E-state index in [1.54, 1.807) is 0 Å². The predicted octanol–water partition coefficient (Wildman–Crippen LogP) is 6.26. The first-order chi connectivity index (χ1) is 19.1. The van der Waals surface area contributed by atoms with Crippen molar-refractivity contribution in [2.24, 2.45) is 0 Å². The lowest BCUT2D eigenvalue weighted by molar-refractivity contribution is 0.103. The number of hydrogen-bond acceptors (Lipinski definition) is 8. The molecule has 9 nitrogen and oxygen atoms in total. The summed E-state index contributed by atoms with van der Waals surface area (Å²) >= 11 is 0. The molecule has 0 unspecified atom stereocenters. The summed E-state index contributed by atoms with van der Waals surface area (Å²) in [6.45, 7) is 10.7. The number of nitrogen functional groups attached to an aromatic ring is 1. The van der Waals surface area contributed by atoms with Crippen molar-refractivity contribution in [1.82, 2.24) is 4.90 Å². The van der Waals surface area contributed by atoms with Gasteiger partial charge in [-0.3, -0.25) is 9.35 Å². The smallest absolute Gasteiger partial charge is 0.215 e. The van der Waals surface area contributed by atoms with Crippen LogP contribution in [0.1, 0.15) is 87.4 Å². The number of furan rings is 1. The number of ketones is 1. The van der Waals surface area contributed by atoms with Gasteiger partial charge >= 0.3 is 0 Å². The van der Waals surface area contributed by atoms with Crippen molar-refractivity contribution in [2.75, 3.05) is 32.0 Å². The molecule has 3 aromatic rings. The van der Waals surface area contributed by atoms with Crippen molar-refractivity contribution < 1.29 is 31.5 Å². The molecule has 3 N–H and O–H groups in total. The third-order valence-corrected chi connectivity index (χ3v) is 6.43. The van der Waals surface area contributed by atoms with Gasteiger partial charge in [0.15, 0.2) is 5.78 Å². The van der Waals surface area contributed by atoms with Crippen molar-refractivity contribution in [1.29, 1.82) is 0 Å². The van der Waals surface area contributed by atoms with E-state index >= 15 is 0 Å². The summed E-state index contributed by atoms with van der Waals surface area (Å²) in [5.41, 5.74) is 8.61. The minimum atomic E-state index is -4.92. The minimum absolute atomic E-state index is 0.0329. The number of benzene rings is 2. The van der Waals surface area contributed by atoms with Gasteiger partial charge in [-0.1, -0.05) is 40.0 Å². The number of rotatable bonds is 16. The number of nitrogens with two attached hydrogens (primary N) is 1. The normalized spacial score (nSPS) is 11.4. The summed E-state index contributed by atoms with van der Waals surface area (Å²) in [6.07, 6.45) is 8.69. The van der Waals surface area contributed by atoms with Crippen molar-refractivity contribution in [3.05, 3.63) is 59.4 Å². The molecule has 1 aromatic heterocycles. The molecule has 0 aliphatic rings. The van der Waals surface area contributed by atoms with E-state index in [1.165, 1.54) is 38.8 Å². The molecule has 0 spiro atoms. The number of hydrogen-bond donors (Lipinski definition) is 2. The zero-order valence-electron chi connectivity index (χ0n) is 23.9. The second kappa shape index (κ2) is 17.0. The fourth-order valence-corrected chi connectivity index (χ4v) is 4.35. The SMILES string of the molecule is CCCCc1oc2ccc(N)cc2c1C(=O)c1ccc(OCCCN(CCCC)CCCC)cc1.O=S(=O)([O-])O. The van der Waals surface area contributed by atoms with Crippen LogP contribution in [0.2, 0.25) is 0 Å². The molecule has 0 aliphatic heterocycles. The lowest BCUT2D eigenvalue weighted by Gasteiger charge is -2.21. The van der Waals surface area contributed by atoms with E-state index in [2.05, 4.69) is 25.7 Å². The highest BCUT2D eigenvalue weighted by Gasteiger charge is 2.22. The molecule has 10 heteroatoms. The molecule has 2 aromatic carbocycles. The molecule has 0 fully saturated rings. The van der Waals surface area contributed by atoms with Crippen molar-refractivity contribution in [3.8, 4) is 5.75 Å². The number of nitrogens with zero attached hydrogens (tertiary/aromatic N) is 1. The lowest BCUT2D eigenvalue weighted by atomic mass is 9.98. The fourth-order valence-electron chi connectivity index (χ4n) is 4.35. The zero-order valence-corrected chi connectivity index (χ0v) is 24.7. The van der Waals surface area contributed by atoms with Crippen LogP contribution in [0.5, 0.6) is 5.75 Å². The van der Waals surface area contributed by atoms with E-state index in [0.29, 0.717) is 29.0 Å². The van der Waals surface area contributed by atoms with Crippen molar-refractivity contribution in [2.45, 2.75) is 72.1 Å². The first-order valence-corrected chi connectivity index (χ1v) is 15.4. The standard InChI is InChI=1S/C30H42N2O3.H2O4S/c1-4-7-11-28-29(26-22-24(31)14-17-27(26)35-28)30(33)23-12-15-25(16-13-23)34-21-10-20-32(18-8-5-2)19-9-6-3;1-5(2,3)4/h12-17,22H,4-11,18-21,31H2,1-3H3;(H2,1,2,3,4)/p-1. The Morgan fingerprint density at radius 3 is 2.10 bits per heavy atom. The Hall–Kier alpha value is -2.92. The maximum Gasteiger partial charge on any atom is 0.215 e. The molecule has 222 valence electrons. The van der Waals surface area contributed by atoms with Crippen molar-refractivity contribution in [3.63, 3.8) is 0 Å². The van der Waals surface area contributed by atoms with Crippen LogP contribution in [-0.2, 0) is 16.8 Å². The van der Waals surface area contributed by atoms with Gasteiger partial charge in [0.2, 0.25) is 10.4 Å². The van der Waals surface area contributed by atoms with Gasteiger partial charge in [0.1, 0.15) is 17.1 Å².